The number of hydrogen-bond acceptors (Lipinski definition) is 8. The minimum atomic E-state index is -1.55. The Labute approximate surface area is 229 Å². The summed E-state index contributed by atoms with van der Waals surface area (Å²) in [6.07, 6.45) is -1.23. The molecule has 0 aliphatic rings. The van der Waals surface area contributed by atoms with Gasteiger partial charge in [0.2, 0.25) is 23.6 Å². The molecular formula is C24H36N8O8. The van der Waals surface area contributed by atoms with Crippen LogP contribution in [0.3, 0.4) is 0 Å². The molecule has 0 aliphatic carbocycles. The SMILES string of the molecule is NC(=O)CC(NC(=O)C(N)CCCN=C(N)N)C(=O)NC(CCC(=O)O)C(=O)NC(Cc1ccccc1)C(=O)O. The van der Waals surface area contributed by atoms with E-state index in [1.165, 1.54) is 0 Å². The first-order valence-electron chi connectivity index (χ1n) is 12.3. The van der Waals surface area contributed by atoms with Crippen LogP contribution in [-0.2, 0) is 35.2 Å². The van der Waals surface area contributed by atoms with Gasteiger partial charge in [0.1, 0.15) is 18.1 Å². The van der Waals surface area contributed by atoms with Crippen LogP contribution >= 0.6 is 0 Å². The zero-order valence-electron chi connectivity index (χ0n) is 21.7. The van der Waals surface area contributed by atoms with E-state index in [-0.39, 0.29) is 25.3 Å². The molecule has 0 bridgehead atoms. The van der Waals surface area contributed by atoms with Crippen molar-refractivity contribution in [3.63, 3.8) is 0 Å². The minimum absolute atomic E-state index is 0.0804. The predicted molar refractivity (Wildman–Crippen MR) is 142 cm³/mol. The smallest absolute Gasteiger partial charge is 0.326 e. The first kappa shape index (κ1) is 33.3. The first-order chi connectivity index (χ1) is 18.8. The Balaban J connectivity index is 2.98. The number of nitrogens with zero attached hydrogens (tertiary/aromatic N) is 1. The highest BCUT2D eigenvalue weighted by atomic mass is 16.4. The van der Waals surface area contributed by atoms with Crippen molar-refractivity contribution in [1.82, 2.24) is 16.0 Å². The molecule has 1 rings (SSSR count). The number of guanidine groups is 1. The molecule has 4 unspecified atom stereocenters. The van der Waals surface area contributed by atoms with Gasteiger partial charge < -0.3 is 49.1 Å². The highest BCUT2D eigenvalue weighted by Gasteiger charge is 2.31. The molecule has 0 saturated heterocycles. The van der Waals surface area contributed by atoms with Crippen molar-refractivity contribution in [3.8, 4) is 0 Å². The fourth-order valence-corrected chi connectivity index (χ4v) is 3.47. The Hall–Kier alpha value is -4.73. The van der Waals surface area contributed by atoms with Gasteiger partial charge in [0, 0.05) is 19.4 Å². The molecule has 40 heavy (non-hydrogen) atoms. The van der Waals surface area contributed by atoms with Crippen molar-refractivity contribution in [2.24, 2.45) is 27.9 Å². The molecule has 13 N–H and O–H groups in total. The zero-order chi connectivity index (χ0) is 30.2. The quantitative estimate of drug-likeness (QED) is 0.0488. The first-order valence-corrected chi connectivity index (χ1v) is 12.3. The number of amides is 4. The maximum atomic E-state index is 13.0. The van der Waals surface area contributed by atoms with Crippen molar-refractivity contribution in [1.29, 1.82) is 0 Å². The lowest BCUT2D eigenvalue weighted by Crippen LogP contribution is -2.58. The van der Waals surface area contributed by atoms with E-state index in [1.807, 2.05) is 0 Å². The maximum Gasteiger partial charge on any atom is 0.326 e. The number of primary amides is 1. The molecule has 1 aromatic carbocycles. The van der Waals surface area contributed by atoms with Crippen molar-refractivity contribution in [3.05, 3.63) is 35.9 Å². The molecule has 16 nitrogen and oxygen atoms in total. The van der Waals surface area contributed by atoms with Crippen LogP contribution in [0.5, 0.6) is 0 Å². The maximum absolute atomic E-state index is 13.0. The van der Waals surface area contributed by atoms with Crippen LogP contribution < -0.4 is 38.9 Å². The van der Waals surface area contributed by atoms with E-state index in [0.717, 1.165) is 0 Å². The molecule has 16 heteroatoms. The second kappa shape index (κ2) is 17.0. The summed E-state index contributed by atoms with van der Waals surface area (Å²) >= 11 is 0. The largest absolute Gasteiger partial charge is 0.481 e. The normalized spacial score (nSPS) is 13.5. The lowest BCUT2D eigenvalue weighted by Gasteiger charge is -2.24. The molecule has 220 valence electrons. The van der Waals surface area contributed by atoms with E-state index in [9.17, 15) is 33.9 Å². The topological polar surface area (TPSA) is 295 Å². The van der Waals surface area contributed by atoms with Gasteiger partial charge in [-0.1, -0.05) is 30.3 Å². The highest BCUT2D eigenvalue weighted by molar-refractivity contribution is 5.96. The van der Waals surface area contributed by atoms with E-state index < -0.39 is 79.0 Å². The second-order valence-corrected chi connectivity index (χ2v) is 8.87. The Morgan fingerprint density at radius 2 is 1.38 bits per heavy atom. The third-order valence-corrected chi connectivity index (χ3v) is 5.52. The zero-order valence-corrected chi connectivity index (χ0v) is 21.7. The van der Waals surface area contributed by atoms with E-state index >= 15 is 0 Å². The highest BCUT2D eigenvalue weighted by Crippen LogP contribution is 2.07. The van der Waals surface area contributed by atoms with Crippen molar-refractivity contribution in [2.45, 2.75) is 62.7 Å². The molecule has 0 radical (unpaired) electrons. The third kappa shape index (κ3) is 13.2. The summed E-state index contributed by atoms with van der Waals surface area (Å²) in [5.74, 6) is -6.52. The van der Waals surface area contributed by atoms with Crippen LogP contribution in [0, 0.1) is 0 Å². The van der Waals surface area contributed by atoms with Crippen LogP contribution in [-0.4, -0.2) is 82.5 Å². The van der Waals surface area contributed by atoms with Crippen LogP contribution in [0.25, 0.3) is 0 Å². The van der Waals surface area contributed by atoms with Gasteiger partial charge in [-0.15, -0.1) is 0 Å². The van der Waals surface area contributed by atoms with Crippen LogP contribution in [0.2, 0.25) is 0 Å². The number of hydrogen-bond donors (Lipinski definition) is 9. The van der Waals surface area contributed by atoms with Gasteiger partial charge in [-0.25, -0.2) is 4.79 Å². The Bertz CT molecular complexity index is 1080. The number of carboxylic acids is 2. The standard InChI is InChI=1S/C24H36N8O8/c25-14(7-4-10-29-24(27)28)20(36)31-16(12-18(26)33)22(38)30-15(8-9-19(34)35)21(37)32-17(23(39)40)11-13-5-2-1-3-6-13/h1-3,5-6,14-17H,4,7-12,25H2,(H2,26,33)(H,30,38)(H,31,36)(H,32,37)(H,34,35)(H,39,40)(H4,27,28,29). The van der Waals surface area contributed by atoms with Gasteiger partial charge in [-0.2, -0.15) is 0 Å². The number of carboxylic acid groups (broad SMARTS) is 2. The molecule has 0 aliphatic heterocycles. The summed E-state index contributed by atoms with van der Waals surface area (Å²) < 4.78 is 0. The number of rotatable bonds is 18. The van der Waals surface area contributed by atoms with Gasteiger partial charge in [-0.3, -0.25) is 29.0 Å². The summed E-state index contributed by atoms with van der Waals surface area (Å²) in [5, 5.41) is 25.5. The summed E-state index contributed by atoms with van der Waals surface area (Å²) in [6, 6.07) is 2.88. The number of carbonyl (C=O) groups excluding carboxylic acids is 4. The van der Waals surface area contributed by atoms with Crippen LogP contribution in [0.4, 0.5) is 0 Å². The lowest BCUT2D eigenvalue weighted by atomic mass is 10.0. The second-order valence-electron chi connectivity index (χ2n) is 8.87. The average Bonchev–Trinajstić information content (AvgIpc) is 2.87. The van der Waals surface area contributed by atoms with Gasteiger partial charge in [-0.05, 0) is 24.8 Å². The Kier molecular flexibility index (Phi) is 14.1. The molecule has 0 fully saturated rings. The van der Waals surface area contributed by atoms with Crippen molar-refractivity contribution < 1.29 is 39.0 Å². The summed E-state index contributed by atoms with van der Waals surface area (Å²) in [5.41, 5.74) is 22.1. The van der Waals surface area contributed by atoms with E-state index in [0.29, 0.717) is 12.0 Å². The monoisotopic (exact) mass is 564 g/mol. The fraction of sp³-hybridized carbons (Fsp3) is 0.458. The Morgan fingerprint density at radius 3 is 1.93 bits per heavy atom. The summed E-state index contributed by atoms with van der Waals surface area (Å²) in [7, 11) is 0. The lowest BCUT2D eigenvalue weighted by molar-refractivity contribution is -0.143. The van der Waals surface area contributed by atoms with Gasteiger partial charge in [0.25, 0.3) is 0 Å². The molecule has 4 atom stereocenters. The third-order valence-electron chi connectivity index (χ3n) is 5.52. The van der Waals surface area contributed by atoms with Crippen molar-refractivity contribution in [2.75, 3.05) is 6.54 Å². The molecule has 1 aromatic rings. The van der Waals surface area contributed by atoms with Gasteiger partial charge in [0.15, 0.2) is 5.96 Å². The summed E-state index contributed by atoms with van der Waals surface area (Å²) in [6.45, 7) is 0.205. The Morgan fingerprint density at radius 1 is 0.800 bits per heavy atom. The molecule has 4 amide bonds. The van der Waals surface area contributed by atoms with E-state index in [2.05, 4.69) is 20.9 Å². The number of benzene rings is 1. The minimum Gasteiger partial charge on any atom is -0.481 e. The van der Waals surface area contributed by atoms with Gasteiger partial charge >= 0.3 is 11.9 Å². The van der Waals surface area contributed by atoms with Crippen LogP contribution in [0.15, 0.2) is 35.3 Å². The number of carbonyl (C=O) groups is 6. The number of nitrogens with one attached hydrogen (secondary N) is 3. The number of nitrogens with two attached hydrogens (primary N) is 4. The predicted octanol–water partition coefficient (Wildman–Crippen LogP) is -3.11. The molecule has 0 saturated carbocycles. The molecular weight excluding hydrogens is 528 g/mol. The molecule has 0 spiro atoms. The summed E-state index contributed by atoms with van der Waals surface area (Å²) in [4.78, 5) is 76.7. The van der Waals surface area contributed by atoms with E-state index in [1.54, 1.807) is 30.3 Å². The number of aliphatic carboxylic acids is 2. The van der Waals surface area contributed by atoms with Crippen molar-refractivity contribution >= 4 is 41.5 Å². The molecule has 0 aromatic heterocycles. The van der Waals surface area contributed by atoms with Crippen LogP contribution in [0.1, 0.15) is 37.7 Å². The molecule has 0 heterocycles. The average molecular weight is 565 g/mol. The van der Waals surface area contributed by atoms with Gasteiger partial charge in [0.05, 0.1) is 12.5 Å². The fourth-order valence-electron chi connectivity index (χ4n) is 3.47. The van der Waals surface area contributed by atoms with E-state index in [4.69, 9.17) is 28.0 Å². The number of aliphatic imine (C=N–C) groups is 1.